The number of aromatic nitrogens is 2. The molecular weight excluding hydrogens is 343 g/mol. The molecule has 0 unspecified atom stereocenters. The van der Waals surface area contributed by atoms with Crippen LogP contribution in [0.1, 0.15) is 9.75 Å². The lowest BCUT2D eigenvalue weighted by molar-refractivity contribution is 0.628. The standard InChI is InChI=1S/C18H13FN2OS2/c1-11-15(12-4-6-13(19)7-5-12)16-17(24-11)20-10-21(18(16)22)9-14-3-2-8-23-14/h2-8,10H,9H2,1H3. The third-order valence-corrected chi connectivity index (χ3v) is 5.77. The quantitative estimate of drug-likeness (QED) is 0.534. The molecule has 3 heterocycles. The number of halogens is 1. The highest BCUT2D eigenvalue weighted by molar-refractivity contribution is 7.19. The van der Waals surface area contributed by atoms with Gasteiger partial charge < -0.3 is 0 Å². The van der Waals surface area contributed by atoms with E-state index in [-0.39, 0.29) is 11.4 Å². The molecule has 0 spiro atoms. The van der Waals surface area contributed by atoms with Crippen molar-refractivity contribution in [3.63, 3.8) is 0 Å². The SMILES string of the molecule is Cc1sc2ncn(Cc3cccs3)c(=O)c2c1-c1ccc(F)cc1. The molecule has 6 heteroatoms. The maximum absolute atomic E-state index is 13.2. The van der Waals surface area contributed by atoms with Crippen LogP contribution < -0.4 is 5.56 Å². The normalized spacial score (nSPS) is 11.2. The first kappa shape index (κ1) is 15.2. The fraction of sp³-hybridized carbons (Fsp3) is 0.111. The maximum atomic E-state index is 13.2. The van der Waals surface area contributed by atoms with Crippen molar-refractivity contribution in [1.82, 2.24) is 9.55 Å². The van der Waals surface area contributed by atoms with Gasteiger partial charge in [0.25, 0.3) is 5.56 Å². The molecule has 0 atom stereocenters. The molecule has 0 N–H and O–H groups in total. The van der Waals surface area contributed by atoms with Gasteiger partial charge in [0.1, 0.15) is 10.6 Å². The molecule has 1 aromatic carbocycles. The number of nitrogens with zero attached hydrogens (tertiary/aromatic N) is 2. The van der Waals surface area contributed by atoms with Gasteiger partial charge in [0.2, 0.25) is 0 Å². The number of rotatable bonds is 3. The summed E-state index contributed by atoms with van der Waals surface area (Å²) in [4.78, 5) is 20.3. The second-order valence-electron chi connectivity index (χ2n) is 5.48. The zero-order chi connectivity index (χ0) is 16.7. The van der Waals surface area contributed by atoms with Crippen LogP contribution in [0.15, 0.2) is 52.9 Å². The molecule has 0 amide bonds. The lowest BCUT2D eigenvalue weighted by atomic mass is 10.0. The molecule has 0 saturated carbocycles. The Hall–Kier alpha value is -2.31. The summed E-state index contributed by atoms with van der Waals surface area (Å²) in [6.45, 7) is 2.48. The minimum absolute atomic E-state index is 0.0583. The fourth-order valence-electron chi connectivity index (χ4n) is 2.78. The van der Waals surface area contributed by atoms with Crippen LogP contribution >= 0.6 is 22.7 Å². The van der Waals surface area contributed by atoms with Crippen LogP contribution in [0.4, 0.5) is 4.39 Å². The van der Waals surface area contributed by atoms with E-state index in [2.05, 4.69) is 4.98 Å². The van der Waals surface area contributed by atoms with Gasteiger partial charge in [-0.2, -0.15) is 0 Å². The van der Waals surface area contributed by atoms with Gasteiger partial charge in [-0.1, -0.05) is 18.2 Å². The summed E-state index contributed by atoms with van der Waals surface area (Å²) >= 11 is 3.11. The summed E-state index contributed by atoms with van der Waals surface area (Å²) in [5, 5.41) is 2.61. The van der Waals surface area contributed by atoms with Crippen LogP contribution in [-0.4, -0.2) is 9.55 Å². The van der Waals surface area contributed by atoms with Gasteiger partial charge in [0.05, 0.1) is 18.3 Å². The third-order valence-electron chi connectivity index (χ3n) is 3.89. The van der Waals surface area contributed by atoms with Gasteiger partial charge in [-0.3, -0.25) is 9.36 Å². The predicted octanol–water partition coefficient (Wildman–Crippen LogP) is 4.68. The van der Waals surface area contributed by atoms with Gasteiger partial charge in [0.15, 0.2) is 0 Å². The predicted molar refractivity (Wildman–Crippen MR) is 97.4 cm³/mol. The Bertz CT molecular complexity index is 1060. The van der Waals surface area contributed by atoms with E-state index in [4.69, 9.17) is 0 Å². The molecule has 4 rings (SSSR count). The van der Waals surface area contributed by atoms with Crippen molar-refractivity contribution in [2.75, 3.05) is 0 Å². The topological polar surface area (TPSA) is 34.9 Å². The Morgan fingerprint density at radius 2 is 2.00 bits per heavy atom. The molecule has 3 aromatic heterocycles. The molecule has 0 aliphatic carbocycles. The van der Waals surface area contributed by atoms with Gasteiger partial charge in [-0.25, -0.2) is 9.37 Å². The van der Waals surface area contributed by atoms with Crippen molar-refractivity contribution in [1.29, 1.82) is 0 Å². The van der Waals surface area contributed by atoms with Crippen molar-refractivity contribution in [2.45, 2.75) is 13.5 Å². The Morgan fingerprint density at radius 1 is 1.21 bits per heavy atom. The first-order valence-corrected chi connectivity index (χ1v) is 9.10. The van der Waals surface area contributed by atoms with E-state index in [1.54, 1.807) is 34.4 Å². The lowest BCUT2D eigenvalue weighted by Gasteiger charge is -2.05. The second-order valence-corrected chi connectivity index (χ2v) is 7.71. The number of fused-ring (bicyclic) bond motifs is 1. The number of aryl methyl sites for hydroxylation is 1. The highest BCUT2D eigenvalue weighted by atomic mass is 32.1. The molecule has 0 aliphatic heterocycles. The van der Waals surface area contributed by atoms with Crippen molar-refractivity contribution in [3.8, 4) is 11.1 Å². The van der Waals surface area contributed by atoms with Crippen molar-refractivity contribution in [3.05, 3.63) is 74.0 Å². The Morgan fingerprint density at radius 3 is 2.71 bits per heavy atom. The molecule has 0 aliphatic rings. The summed E-state index contributed by atoms with van der Waals surface area (Å²) in [6, 6.07) is 10.2. The number of hydrogen-bond acceptors (Lipinski definition) is 4. The fourth-order valence-corrected chi connectivity index (χ4v) is 4.49. The summed E-state index contributed by atoms with van der Waals surface area (Å²) in [5.41, 5.74) is 1.64. The molecule has 120 valence electrons. The minimum atomic E-state index is -0.288. The molecule has 0 saturated heterocycles. The first-order valence-electron chi connectivity index (χ1n) is 7.40. The first-order chi connectivity index (χ1) is 11.6. The smallest absolute Gasteiger partial charge is 0.263 e. The van der Waals surface area contributed by atoms with E-state index < -0.39 is 0 Å². The monoisotopic (exact) mass is 356 g/mol. The second kappa shape index (κ2) is 5.96. The van der Waals surface area contributed by atoms with Gasteiger partial charge in [-0.15, -0.1) is 22.7 Å². The molecule has 0 bridgehead atoms. The average molecular weight is 356 g/mol. The molecule has 0 fully saturated rings. The van der Waals surface area contributed by atoms with Crippen molar-refractivity contribution < 1.29 is 4.39 Å². The van der Waals surface area contributed by atoms with Crippen molar-refractivity contribution in [2.24, 2.45) is 0 Å². The van der Waals surface area contributed by atoms with E-state index >= 15 is 0 Å². The van der Waals surface area contributed by atoms with Crippen LogP contribution in [-0.2, 0) is 6.54 Å². The summed E-state index contributed by atoms with van der Waals surface area (Å²) < 4.78 is 14.9. The zero-order valence-electron chi connectivity index (χ0n) is 12.8. The average Bonchev–Trinajstić information content (AvgIpc) is 3.19. The highest BCUT2D eigenvalue weighted by Crippen LogP contribution is 2.35. The maximum Gasteiger partial charge on any atom is 0.263 e. The summed E-state index contributed by atoms with van der Waals surface area (Å²) in [5.74, 6) is -0.288. The van der Waals surface area contributed by atoms with E-state index in [1.165, 1.54) is 23.5 Å². The van der Waals surface area contributed by atoms with E-state index in [1.807, 2.05) is 24.4 Å². The number of benzene rings is 1. The summed E-state index contributed by atoms with van der Waals surface area (Å²) in [7, 11) is 0. The molecule has 4 aromatic rings. The van der Waals surface area contributed by atoms with Crippen LogP contribution in [0.5, 0.6) is 0 Å². The molecular formula is C18H13FN2OS2. The Labute approximate surface area is 145 Å². The van der Waals surface area contributed by atoms with Gasteiger partial charge in [-0.05, 0) is 36.1 Å². The number of hydrogen-bond donors (Lipinski definition) is 0. The van der Waals surface area contributed by atoms with Gasteiger partial charge >= 0.3 is 0 Å². The van der Waals surface area contributed by atoms with E-state index in [0.29, 0.717) is 11.9 Å². The van der Waals surface area contributed by atoms with Crippen LogP contribution in [0.3, 0.4) is 0 Å². The molecule has 0 radical (unpaired) electrons. The molecule has 24 heavy (non-hydrogen) atoms. The Kier molecular flexibility index (Phi) is 3.78. The molecule has 3 nitrogen and oxygen atoms in total. The summed E-state index contributed by atoms with van der Waals surface area (Å²) in [6.07, 6.45) is 1.61. The highest BCUT2D eigenvalue weighted by Gasteiger charge is 2.17. The largest absolute Gasteiger partial charge is 0.293 e. The Balaban J connectivity index is 1.92. The van der Waals surface area contributed by atoms with E-state index in [0.717, 1.165) is 25.7 Å². The zero-order valence-corrected chi connectivity index (χ0v) is 14.5. The van der Waals surface area contributed by atoms with Crippen molar-refractivity contribution >= 4 is 32.9 Å². The van der Waals surface area contributed by atoms with Crippen LogP contribution in [0.2, 0.25) is 0 Å². The number of thiophene rings is 2. The third kappa shape index (κ3) is 2.57. The lowest BCUT2D eigenvalue weighted by Crippen LogP contribution is -2.20. The van der Waals surface area contributed by atoms with Crippen LogP contribution in [0.25, 0.3) is 21.3 Å². The van der Waals surface area contributed by atoms with Gasteiger partial charge in [0, 0.05) is 15.3 Å². The van der Waals surface area contributed by atoms with E-state index in [9.17, 15) is 9.18 Å². The van der Waals surface area contributed by atoms with Crippen LogP contribution in [0, 0.1) is 12.7 Å². The minimum Gasteiger partial charge on any atom is -0.293 e.